The number of carbonyl (C=O) groups is 3. The Hall–Kier alpha value is -2.13. The van der Waals surface area contributed by atoms with Crippen LogP contribution in [-0.2, 0) is 14.2 Å². The van der Waals surface area contributed by atoms with Crippen LogP contribution in [-0.4, -0.2) is 61.4 Å². The molecule has 1 saturated heterocycles. The zero-order chi connectivity index (χ0) is 21.0. The minimum absolute atomic E-state index is 0.0362. The number of nitrogens with one attached hydrogen (secondary N) is 1. The molecule has 1 saturated carbocycles. The minimum atomic E-state index is -0.565. The number of fused-ring (bicyclic) bond motifs is 1. The predicted molar refractivity (Wildman–Crippen MR) is 109 cm³/mol. The lowest BCUT2D eigenvalue weighted by Gasteiger charge is -2.30. The highest BCUT2D eigenvalue weighted by Crippen LogP contribution is 2.35. The Labute approximate surface area is 174 Å². The molecule has 0 unspecified atom stereocenters. The number of nitrogens with zero attached hydrogens (tertiary/aromatic N) is 1. The second-order valence-electron chi connectivity index (χ2n) is 7.09. The van der Waals surface area contributed by atoms with Gasteiger partial charge >= 0.3 is 18.0 Å². The van der Waals surface area contributed by atoms with Crippen LogP contribution in [0.3, 0.4) is 0 Å². The summed E-state index contributed by atoms with van der Waals surface area (Å²) >= 11 is 1.05. The number of rotatable bonds is 5. The van der Waals surface area contributed by atoms with Crippen molar-refractivity contribution in [3.63, 3.8) is 0 Å². The standard InChI is InChI=1S/C20H28N2O6S/c1-4-26-18(23)15-12(3)16(19(24)27-5-2)29-17(15)21-20(25)22-10-7-11-28-14-9-6-8-13(14)22/h13-14H,4-11H2,1-3H3,(H,21,25)/t13-,14-/m1/s1. The normalized spacial score (nSPS) is 21.3. The van der Waals surface area contributed by atoms with E-state index in [1.165, 1.54) is 0 Å². The van der Waals surface area contributed by atoms with E-state index >= 15 is 0 Å². The number of amides is 2. The van der Waals surface area contributed by atoms with Gasteiger partial charge in [0.05, 0.1) is 30.9 Å². The SMILES string of the molecule is CCOC(=O)c1sc(NC(=O)N2CCCO[C@@H]3CCC[C@H]32)c(C(=O)OCC)c1C. The zero-order valence-corrected chi connectivity index (χ0v) is 17.9. The van der Waals surface area contributed by atoms with E-state index in [1.807, 2.05) is 0 Å². The van der Waals surface area contributed by atoms with Crippen molar-refractivity contribution >= 4 is 34.3 Å². The molecule has 1 N–H and O–H groups in total. The fourth-order valence-corrected chi connectivity index (χ4v) is 5.03. The van der Waals surface area contributed by atoms with E-state index in [0.717, 1.165) is 37.0 Å². The first-order chi connectivity index (χ1) is 14.0. The minimum Gasteiger partial charge on any atom is -0.462 e. The van der Waals surface area contributed by atoms with Crippen LogP contribution in [0.2, 0.25) is 0 Å². The Morgan fingerprint density at radius 2 is 1.86 bits per heavy atom. The van der Waals surface area contributed by atoms with Gasteiger partial charge < -0.3 is 19.1 Å². The van der Waals surface area contributed by atoms with Gasteiger partial charge in [0, 0.05) is 13.2 Å². The summed E-state index contributed by atoms with van der Waals surface area (Å²) in [5.74, 6) is -1.08. The first kappa shape index (κ1) is 21.6. The number of esters is 2. The van der Waals surface area contributed by atoms with E-state index in [9.17, 15) is 14.4 Å². The summed E-state index contributed by atoms with van der Waals surface area (Å²) in [5, 5.41) is 3.17. The summed E-state index contributed by atoms with van der Waals surface area (Å²) in [6.07, 6.45) is 3.71. The molecule has 1 aromatic heterocycles. The van der Waals surface area contributed by atoms with Gasteiger partial charge in [-0.1, -0.05) is 0 Å². The quantitative estimate of drug-likeness (QED) is 0.726. The van der Waals surface area contributed by atoms with Gasteiger partial charge in [0.25, 0.3) is 0 Å². The summed E-state index contributed by atoms with van der Waals surface area (Å²) in [6, 6.07) is -0.247. The Balaban J connectivity index is 1.88. The van der Waals surface area contributed by atoms with E-state index in [2.05, 4.69) is 5.32 Å². The molecular formula is C20H28N2O6S. The fourth-order valence-electron chi connectivity index (χ4n) is 3.96. The number of carbonyl (C=O) groups excluding carboxylic acids is 3. The summed E-state index contributed by atoms with van der Waals surface area (Å²) < 4.78 is 16.1. The second-order valence-corrected chi connectivity index (χ2v) is 8.11. The van der Waals surface area contributed by atoms with Crippen molar-refractivity contribution in [2.75, 3.05) is 31.7 Å². The van der Waals surface area contributed by atoms with Crippen LogP contribution >= 0.6 is 11.3 Å². The van der Waals surface area contributed by atoms with E-state index in [-0.39, 0.29) is 37.0 Å². The Kier molecular flexibility index (Phi) is 7.13. The number of hydrogen-bond acceptors (Lipinski definition) is 7. The third kappa shape index (κ3) is 4.56. The van der Waals surface area contributed by atoms with Gasteiger partial charge in [-0.15, -0.1) is 11.3 Å². The molecule has 9 heteroatoms. The summed E-state index contributed by atoms with van der Waals surface area (Å²) in [4.78, 5) is 40.0. The maximum absolute atomic E-state index is 13.1. The van der Waals surface area contributed by atoms with E-state index in [4.69, 9.17) is 14.2 Å². The maximum atomic E-state index is 13.1. The Morgan fingerprint density at radius 1 is 1.14 bits per heavy atom. The van der Waals surface area contributed by atoms with E-state index < -0.39 is 11.9 Å². The molecule has 2 atom stereocenters. The lowest BCUT2D eigenvalue weighted by atomic mass is 10.1. The molecule has 0 aromatic carbocycles. The van der Waals surface area contributed by atoms with Crippen LogP contribution in [0.5, 0.6) is 0 Å². The topological polar surface area (TPSA) is 94.2 Å². The van der Waals surface area contributed by atoms with Crippen molar-refractivity contribution in [3.8, 4) is 0 Å². The summed E-state index contributed by atoms with van der Waals surface area (Å²) in [6.45, 7) is 6.75. The van der Waals surface area contributed by atoms with Crippen molar-refractivity contribution in [3.05, 3.63) is 16.0 Å². The Bertz CT molecular complexity index is 777. The number of hydrogen-bond donors (Lipinski definition) is 1. The van der Waals surface area contributed by atoms with Crippen molar-refractivity contribution in [2.45, 2.75) is 58.6 Å². The molecule has 2 aliphatic rings. The molecule has 1 aliphatic carbocycles. The molecule has 3 rings (SSSR count). The lowest BCUT2D eigenvalue weighted by Crippen LogP contribution is -2.46. The third-order valence-electron chi connectivity index (χ3n) is 5.26. The number of anilines is 1. The van der Waals surface area contributed by atoms with Crippen LogP contribution in [0.4, 0.5) is 9.80 Å². The van der Waals surface area contributed by atoms with Gasteiger partial charge in [0.15, 0.2) is 0 Å². The summed E-state index contributed by atoms with van der Waals surface area (Å²) in [5.41, 5.74) is 0.669. The number of urea groups is 1. The molecule has 2 heterocycles. The molecule has 2 fully saturated rings. The van der Waals surface area contributed by atoms with Gasteiger partial charge in [-0.25, -0.2) is 14.4 Å². The van der Waals surface area contributed by atoms with Crippen LogP contribution in [0.15, 0.2) is 0 Å². The highest BCUT2D eigenvalue weighted by Gasteiger charge is 2.38. The molecule has 160 valence electrons. The molecule has 1 aliphatic heterocycles. The smallest absolute Gasteiger partial charge is 0.348 e. The average molecular weight is 425 g/mol. The highest BCUT2D eigenvalue weighted by atomic mass is 32.1. The highest BCUT2D eigenvalue weighted by molar-refractivity contribution is 7.18. The van der Waals surface area contributed by atoms with Gasteiger partial charge in [-0.2, -0.15) is 0 Å². The zero-order valence-electron chi connectivity index (χ0n) is 17.1. The molecular weight excluding hydrogens is 396 g/mol. The van der Waals surface area contributed by atoms with E-state index in [0.29, 0.717) is 28.6 Å². The molecule has 8 nitrogen and oxygen atoms in total. The van der Waals surface area contributed by atoms with Gasteiger partial charge in [0.2, 0.25) is 0 Å². The van der Waals surface area contributed by atoms with Crippen molar-refractivity contribution < 1.29 is 28.6 Å². The van der Waals surface area contributed by atoms with Crippen LogP contribution in [0, 0.1) is 6.92 Å². The second kappa shape index (κ2) is 9.58. The predicted octanol–water partition coefficient (Wildman–Crippen LogP) is 3.59. The monoisotopic (exact) mass is 424 g/mol. The Morgan fingerprint density at radius 3 is 2.59 bits per heavy atom. The molecule has 0 spiro atoms. The van der Waals surface area contributed by atoms with Gasteiger partial charge in [0.1, 0.15) is 9.88 Å². The number of thiophene rings is 1. The van der Waals surface area contributed by atoms with Crippen molar-refractivity contribution in [2.24, 2.45) is 0 Å². The molecule has 0 radical (unpaired) electrons. The number of ether oxygens (including phenoxy) is 3. The molecule has 0 bridgehead atoms. The van der Waals surface area contributed by atoms with Crippen LogP contribution < -0.4 is 5.32 Å². The lowest BCUT2D eigenvalue weighted by molar-refractivity contribution is 0.0413. The molecule has 29 heavy (non-hydrogen) atoms. The average Bonchev–Trinajstić information content (AvgIpc) is 3.20. The van der Waals surface area contributed by atoms with Crippen molar-refractivity contribution in [1.82, 2.24) is 4.90 Å². The maximum Gasteiger partial charge on any atom is 0.348 e. The van der Waals surface area contributed by atoms with Crippen LogP contribution in [0.25, 0.3) is 0 Å². The molecule has 1 aromatic rings. The van der Waals surface area contributed by atoms with Crippen molar-refractivity contribution in [1.29, 1.82) is 0 Å². The first-order valence-corrected chi connectivity index (χ1v) is 11.0. The summed E-state index contributed by atoms with van der Waals surface area (Å²) in [7, 11) is 0. The van der Waals surface area contributed by atoms with Crippen LogP contribution in [0.1, 0.15) is 65.1 Å². The van der Waals surface area contributed by atoms with Gasteiger partial charge in [-0.3, -0.25) is 5.32 Å². The first-order valence-electron chi connectivity index (χ1n) is 10.1. The third-order valence-corrected chi connectivity index (χ3v) is 6.45. The van der Waals surface area contributed by atoms with E-state index in [1.54, 1.807) is 25.7 Å². The van der Waals surface area contributed by atoms with Gasteiger partial charge in [-0.05, 0) is 52.0 Å². The molecule has 2 amide bonds. The fraction of sp³-hybridized carbons (Fsp3) is 0.650. The largest absolute Gasteiger partial charge is 0.462 e.